The number of sulfonamides is 1. The van der Waals surface area contributed by atoms with Gasteiger partial charge in [-0.3, -0.25) is 9.52 Å². The molecule has 0 radical (unpaired) electrons. The van der Waals surface area contributed by atoms with Crippen LogP contribution >= 0.6 is 23.2 Å². The number of carbonyl (C=O) groups is 1. The van der Waals surface area contributed by atoms with Gasteiger partial charge in [-0.25, -0.2) is 8.42 Å². The van der Waals surface area contributed by atoms with E-state index in [9.17, 15) is 13.2 Å². The third kappa shape index (κ3) is 6.84. The Morgan fingerprint density at radius 1 is 1.06 bits per heavy atom. The maximum Gasteiger partial charge on any atom is 0.261 e. The summed E-state index contributed by atoms with van der Waals surface area (Å²) in [5, 5.41) is 3.57. The number of rotatable bonds is 8. The van der Waals surface area contributed by atoms with Crippen molar-refractivity contribution in [3.05, 3.63) is 58.1 Å². The summed E-state index contributed by atoms with van der Waals surface area (Å²) < 4.78 is 27.6. The zero-order valence-electron chi connectivity index (χ0n) is 17.4. The molecule has 0 saturated carbocycles. The Morgan fingerprint density at radius 3 is 2.35 bits per heavy atom. The van der Waals surface area contributed by atoms with Crippen LogP contribution in [0.15, 0.2) is 47.4 Å². The number of benzene rings is 2. The fourth-order valence-corrected chi connectivity index (χ4v) is 5.08. The van der Waals surface area contributed by atoms with Crippen LogP contribution in [-0.4, -0.2) is 44.9 Å². The number of hydrogen-bond donors (Lipinski definition) is 2. The van der Waals surface area contributed by atoms with Crippen LogP contribution in [0.2, 0.25) is 10.0 Å². The molecule has 168 valence electrons. The summed E-state index contributed by atoms with van der Waals surface area (Å²) in [5.74, 6) is -0.0157. The molecule has 1 saturated heterocycles. The van der Waals surface area contributed by atoms with Crippen molar-refractivity contribution in [1.82, 2.24) is 10.2 Å². The molecular formula is C22H27Cl2N3O3S. The van der Waals surface area contributed by atoms with Crippen molar-refractivity contribution in [3.8, 4) is 0 Å². The number of hydrogen-bond acceptors (Lipinski definition) is 4. The predicted octanol–water partition coefficient (Wildman–Crippen LogP) is 4.33. The molecular weight excluding hydrogens is 457 g/mol. The highest BCUT2D eigenvalue weighted by Gasteiger charge is 2.20. The molecule has 2 N–H and O–H groups in total. The Kier molecular flexibility index (Phi) is 8.22. The Hall–Kier alpha value is -1.80. The van der Waals surface area contributed by atoms with Crippen molar-refractivity contribution >= 4 is 44.8 Å². The second-order valence-electron chi connectivity index (χ2n) is 7.74. The molecule has 1 fully saturated rings. The van der Waals surface area contributed by atoms with Crippen molar-refractivity contribution < 1.29 is 13.2 Å². The van der Waals surface area contributed by atoms with Crippen molar-refractivity contribution in [3.63, 3.8) is 0 Å². The summed E-state index contributed by atoms with van der Waals surface area (Å²) in [6, 6.07) is 11.1. The summed E-state index contributed by atoms with van der Waals surface area (Å²) in [7, 11) is -3.79. The first kappa shape index (κ1) is 23.9. The number of halogens is 2. The Bertz CT molecular complexity index is 1010. The van der Waals surface area contributed by atoms with Gasteiger partial charge in [-0.1, -0.05) is 42.3 Å². The summed E-state index contributed by atoms with van der Waals surface area (Å²) in [4.78, 5) is 14.8. The normalized spacial score (nSPS) is 15.6. The highest BCUT2D eigenvalue weighted by atomic mass is 35.5. The number of carbonyl (C=O) groups excluding carboxylic acids is 1. The molecule has 9 heteroatoms. The standard InChI is InChI=1S/C22H27Cl2N3O3S/c1-2-11-27-12-9-17(10-13-27)25-22(28)14-16-3-5-18(6-4-16)26-31(29,30)19-7-8-20(23)21(24)15-19/h3-8,15,17,26H,2,9-14H2,1H3,(H,25,28). The molecule has 0 aromatic heterocycles. The lowest BCUT2D eigenvalue weighted by Crippen LogP contribution is -2.45. The van der Waals surface area contributed by atoms with Crippen LogP contribution < -0.4 is 10.0 Å². The quantitative estimate of drug-likeness (QED) is 0.585. The van der Waals surface area contributed by atoms with Crippen LogP contribution in [0.4, 0.5) is 5.69 Å². The number of anilines is 1. The lowest BCUT2D eigenvalue weighted by molar-refractivity contribution is -0.121. The van der Waals surface area contributed by atoms with Gasteiger partial charge in [0.15, 0.2) is 0 Å². The molecule has 0 aliphatic carbocycles. The smallest absolute Gasteiger partial charge is 0.261 e. The molecule has 0 atom stereocenters. The topological polar surface area (TPSA) is 78.5 Å². The van der Waals surface area contributed by atoms with E-state index in [-0.39, 0.29) is 33.3 Å². The first-order chi connectivity index (χ1) is 14.8. The molecule has 6 nitrogen and oxygen atoms in total. The molecule has 0 unspecified atom stereocenters. The van der Waals surface area contributed by atoms with Gasteiger partial charge in [0.25, 0.3) is 10.0 Å². The van der Waals surface area contributed by atoms with Gasteiger partial charge >= 0.3 is 0 Å². The molecule has 1 amide bonds. The maximum atomic E-state index is 12.5. The van der Waals surface area contributed by atoms with Gasteiger partial charge in [0, 0.05) is 24.8 Å². The third-order valence-electron chi connectivity index (χ3n) is 5.26. The second kappa shape index (κ2) is 10.7. The molecule has 2 aromatic rings. The molecule has 1 aliphatic rings. The van der Waals surface area contributed by atoms with Crippen molar-refractivity contribution in [2.45, 2.75) is 43.5 Å². The Balaban J connectivity index is 1.53. The molecule has 3 rings (SSSR count). The van der Waals surface area contributed by atoms with Crippen LogP contribution in [0, 0.1) is 0 Å². The van der Waals surface area contributed by atoms with E-state index in [0.29, 0.717) is 5.69 Å². The summed E-state index contributed by atoms with van der Waals surface area (Å²) in [6.07, 6.45) is 3.36. The Labute approximate surface area is 194 Å². The minimum atomic E-state index is -3.79. The molecule has 1 heterocycles. The Morgan fingerprint density at radius 2 is 1.74 bits per heavy atom. The second-order valence-corrected chi connectivity index (χ2v) is 10.2. The van der Waals surface area contributed by atoms with Gasteiger partial charge in [-0.2, -0.15) is 0 Å². The predicted molar refractivity (Wildman–Crippen MR) is 125 cm³/mol. The minimum Gasteiger partial charge on any atom is -0.353 e. The van der Waals surface area contributed by atoms with Gasteiger partial charge in [0.05, 0.1) is 21.4 Å². The largest absolute Gasteiger partial charge is 0.353 e. The minimum absolute atomic E-state index is 0.0157. The van der Waals surface area contributed by atoms with E-state index in [1.807, 2.05) is 0 Å². The van der Waals surface area contributed by atoms with E-state index in [1.54, 1.807) is 24.3 Å². The zero-order valence-corrected chi connectivity index (χ0v) is 19.7. The monoisotopic (exact) mass is 483 g/mol. The maximum absolute atomic E-state index is 12.5. The van der Waals surface area contributed by atoms with Crippen molar-refractivity contribution in [1.29, 1.82) is 0 Å². The summed E-state index contributed by atoms with van der Waals surface area (Å²) in [6.45, 7) is 5.33. The van der Waals surface area contributed by atoms with Gasteiger partial charge in [-0.05, 0) is 61.7 Å². The number of likely N-dealkylation sites (tertiary alicyclic amines) is 1. The third-order valence-corrected chi connectivity index (χ3v) is 7.38. The number of amides is 1. The van der Waals surface area contributed by atoms with Crippen LogP contribution in [-0.2, 0) is 21.2 Å². The fourth-order valence-electron chi connectivity index (χ4n) is 3.63. The molecule has 0 spiro atoms. The summed E-state index contributed by atoms with van der Waals surface area (Å²) in [5.41, 5.74) is 1.22. The SMILES string of the molecule is CCCN1CCC(NC(=O)Cc2ccc(NS(=O)(=O)c3ccc(Cl)c(Cl)c3)cc2)CC1. The number of nitrogens with zero attached hydrogens (tertiary/aromatic N) is 1. The average molecular weight is 484 g/mol. The highest BCUT2D eigenvalue weighted by molar-refractivity contribution is 7.92. The number of nitrogens with one attached hydrogen (secondary N) is 2. The molecule has 1 aliphatic heterocycles. The zero-order chi connectivity index (χ0) is 22.4. The van der Waals surface area contributed by atoms with E-state index in [0.717, 1.165) is 44.5 Å². The average Bonchev–Trinajstić information content (AvgIpc) is 2.73. The first-order valence-electron chi connectivity index (χ1n) is 10.4. The first-order valence-corrected chi connectivity index (χ1v) is 12.6. The van der Waals surface area contributed by atoms with Gasteiger partial charge in [-0.15, -0.1) is 0 Å². The van der Waals surface area contributed by atoms with Gasteiger partial charge < -0.3 is 10.2 Å². The van der Waals surface area contributed by atoms with E-state index in [2.05, 4.69) is 21.9 Å². The lowest BCUT2D eigenvalue weighted by Gasteiger charge is -2.32. The van der Waals surface area contributed by atoms with Gasteiger partial charge in [0.1, 0.15) is 0 Å². The van der Waals surface area contributed by atoms with Crippen LogP contribution in [0.5, 0.6) is 0 Å². The summed E-state index contributed by atoms with van der Waals surface area (Å²) >= 11 is 11.8. The lowest BCUT2D eigenvalue weighted by atomic mass is 10.0. The fraction of sp³-hybridized carbons (Fsp3) is 0.409. The molecule has 0 bridgehead atoms. The molecule has 2 aromatic carbocycles. The van der Waals surface area contributed by atoms with E-state index in [4.69, 9.17) is 23.2 Å². The van der Waals surface area contributed by atoms with E-state index in [1.165, 1.54) is 18.2 Å². The van der Waals surface area contributed by atoms with Gasteiger partial charge in [0.2, 0.25) is 5.91 Å². The van der Waals surface area contributed by atoms with Crippen LogP contribution in [0.3, 0.4) is 0 Å². The van der Waals surface area contributed by atoms with Crippen LogP contribution in [0.1, 0.15) is 31.7 Å². The van der Waals surface area contributed by atoms with Crippen LogP contribution in [0.25, 0.3) is 0 Å². The van der Waals surface area contributed by atoms with Crippen molar-refractivity contribution in [2.75, 3.05) is 24.4 Å². The van der Waals surface area contributed by atoms with E-state index >= 15 is 0 Å². The van der Waals surface area contributed by atoms with E-state index < -0.39 is 10.0 Å². The molecule has 31 heavy (non-hydrogen) atoms. The number of piperidine rings is 1. The van der Waals surface area contributed by atoms with Crippen molar-refractivity contribution in [2.24, 2.45) is 0 Å². The highest BCUT2D eigenvalue weighted by Crippen LogP contribution is 2.26.